The first-order chi connectivity index (χ1) is 7.85. The maximum absolute atomic E-state index is 5.64. The Kier molecular flexibility index (Phi) is 3.41. The Morgan fingerprint density at radius 3 is 3.12 bits per heavy atom. The van der Waals surface area contributed by atoms with Crippen molar-refractivity contribution >= 4 is 5.52 Å². The van der Waals surface area contributed by atoms with Crippen molar-refractivity contribution in [1.82, 2.24) is 9.38 Å². The van der Waals surface area contributed by atoms with E-state index >= 15 is 0 Å². The van der Waals surface area contributed by atoms with E-state index in [4.69, 9.17) is 10.5 Å². The molecule has 0 saturated carbocycles. The van der Waals surface area contributed by atoms with Crippen molar-refractivity contribution < 1.29 is 4.74 Å². The summed E-state index contributed by atoms with van der Waals surface area (Å²) < 4.78 is 7.59. The largest absolute Gasteiger partial charge is 0.493 e. The zero-order valence-corrected chi connectivity index (χ0v) is 9.52. The molecule has 2 aromatic heterocycles. The average Bonchev–Trinajstić information content (AvgIpc) is 2.71. The molecule has 0 aliphatic carbocycles. The van der Waals surface area contributed by atoms with E-state index in [1.54, 1.807) is 6.33 Å². The van der Waals surface area contributed by atoms with Crippen LogP contribution < -0.4 is 10.5 Å². The van der Waals surface area contributed by atoms with Gasteiger partial charge in [0.25, 0.3) is 0 Å². The molecule has 0 amide bonds. The number of ether oxygens (including phenoxy) is 1. The van der Waals surface area contributed by atoms with Crippen LogP contribution in [0, 0.1) is 0 Å². The Morgan fingerprint density at radius 2 is 2.38 bits per heavy atom. The average molecular weight is 219 g/mol. The van der Waals surface area contributed by atoms with Crippen molar-refractivity contribution in [3.63, 3.8) is 0 Å². The van der Waals surface area contributed by atoms with Gasteiger partial charge in [0.1, 0.15) is 5.75 Å². The highest BCUT2D eigenvalue weighted by Crippen LogP contribution is 2.17. The minimum absolute atomic E-state index is 0.453. The van der Waals surface area contributed by atoms with E-state index < -0.39 is 0 Å². The van der Waals surface area contributed by atoms with Gasteiger partial charge in [-0.05, 0) is 12.5 Å². The molecule has 0 aromatic carbocycles. The van der Waals surface area contributed by atoms with Gasteiger partial charge in [0.05, 0.1) is 24.1 Å². The highest BCUT2D eigenvalue weighted by atomic mass is 16.5. The molecule has 0 atom stereocenters. The topological polar surface area (TPSA) is 52.5 Å². The molecule has 16 heavy (non-hydrogen) atoms. The van der Waals surface area contributed by atoms with Gasteiger partial charge in [0.2, 0.25) is 0 Å². The molecular weight excluding hydrogens is 202 g/mol. The van der Waals surface area contributed by atoms with Crippen LogP contribution in [0.1, 0.15) is 25.5 Å². The normalized spacial score (nSPS) is 10.9. The summed E-state index contributed by atoms with van der Waals surface area (Å²) in [5.41, 5.74) is 7.54. The quantitative estimate of drug-likeness (QED) is 0.782. The Bertz CT molecular complexity index is 464. The van der Waals surface area contributed by atoms with E-state index in [0.29, 0.717) is 6.54 Å². The molecule has 2 N–H and O–H groups in total. The van der Waals surface area contributed by atoms with E-state index in [9.17, 15) is 0 Å². The van der Waals surface area contributed by atoms with Crippen LogP contribution in [0.3, 0.4) is 0 Å². The summed E-state index contributed by atoms with van der Waals surface area (Å²) in [5, 5.41) is 0. The highest BCUT2D eigenvalue weighted by molar-refractivity contribution is 5.55. The van der Waals surface area contributed by atoms with Crippen molar-refractivity contribution in [2.75, 3.05) is 6.61 Å². The Morgan fingerprint density at radius 1 is 1.50 bits per heavy atom. The van der Waals surface area contributed by atoms with Crippen LogP contribution in [0.25, 0.3) is 5.52 Å². The summed E-state index contributed by atoms with van der Waals surface area (Å²) in [5.74, 6) is 0.885. The molecule has 2 heterocycles. The lowest BCUT2D eigenvalue weighted by molar-refractivity contribution is 0.309. The molecule has 0 spiro atoms. The van der Waals surface area contributed by atoms with Gasteiger partial charge in [-0.15, -0.1) is 0 Å². The van der Waals surface area contributed by atoms with Crippen molar-refractivity contribution in [3.8, 4) is 5.75 Å². The fraction of sp³-hybridized carbons (Fsp3) is 0.417. The minimum Gasteiger partial charge on any atom is -0.493 e. The third-order valence-electron chi connectivity index (χ3n) is 2.55. The van der Waals surface area contributed by atoms with E-state index in [1.165, 1.54) is 0 Å². The number of hydrogen-bond donors (Lipinski definition) is 1. The number of pyridine rings is 1. The third kappa shape index (κ3) is 2.17. The molecular formula is C12H17N3O. The highest BCUT2D eigenvalue weighted by Gasteiger charge is 2.03. The molecule has 4 nitrogen and oxygen atoms in total. The fourth-order valence-electron chi connectivity index (χ4n) is 1.60. The van der Waals surface area contributed by atoms with Gasteiger partial charge in [0.15, 0.2) is 0 Å². The molecule has 86 valence electrons. The lowest BCUT2D eigenvalue weighted by atomic mass is 10.3. The van der Waals surface area contributed by atoms with E-state index in [2.05, 4.69) is 11.9 Å². The number of nitrogens with zero attached hydrogens (tertiary/aromatic N) is 2. The third-order valence-corrected chi connectivity index (χ3v) is 2.55. The van der Waals surface area contributed by atoms with Crippen molar-refractivity contribution in [2.45, 2.75) is 26.3 Å². The van der Waals surface area contributed by atoms with Crippen molar-refractivity contribution in [3.05, 3.63) is 30.4 Å². The molecule has 0 radical (unpaired) electrons. The first-order valence-electron chi connectivity index (χ1n) is 5.63. The monoisotopic (exact) mass is 219 g/mol. The summed E-state index contributed by atoms with van der Waals surface area (Å²) in [6, 6.07) is 3.94. The predicted molar refractivity (Wildman–Crippen MR) is 63.5 cm³/mol. The Balaban J connectivity index is 2.20. The van der Waals surface area contributed by atoms with Gasteiger partial charge < -0.3 is 14.9 Å². The van der Waals surface area contributed by atoms with Crippen LogP contribution >= 0.6 is 0 Å². The van der Waals surface area contributed by atoms with Gasteiger partial charge in [-0.1, -0.05) is 13.3 Å². The molecule has 0 fully saturated rings. The summed E-state index contributed by atoms with van der Waals surface area (Å²) in [6.07, 6.45) is 5.94. The summed E-state index contributed by atoms with van der Waals surface area (Å²) in [4.78, 5) is 4.23. The first kappa shape index (κ1) is 11.0. The standard InChI is InChI=1S/C12H17N3O/c1-2-3-6-16-10-4-5-15-9-14-11(8-13)12(15)7-10/h4-5,7,9H,2-3,6,8,13H2,1H3. The van der Waals surface area contributed by atoms with Gasteiger partial charge in [-0.25, -0.2) is 4.98 Å². The maximum Gasteiger partial charge on any atom is 0.122 e. The molecule has 0 unspecified atom stereocenters. The van der Waals surface area contributed by atoms with Crippen LogP contribution in [-0.2, 0) is 6.54 Å². The zero-order chi connectivity index (χ0) is 11.4. The number of unbranched alkanes of at least 4 members (excludes halogenated alkanes) is 1. The number of fused-ring (bicyclic) bond motifs is 1. The van der Waals surface area contributed by atoms with Crippen LogP contribution in [-0.4, -0.2) is 16.0 Å². The second-order valence-corrected chi connectivity index (χ2v) is 3.75. The smallest absolute Gasteiger partial charge is 0.122 e. The number of rotatable bonds is 5. The molecule has 0 bridgehead atoms. The molecule has 2 aromatic rings. The molecule has 0 saturated heterocycles. The number of nitrogens with two attached hydrogens (primary N) is 1. The van der Waals surface area contributed by atoms with Gasteiger partial charge in [0, 0.05) is 18.8 Å². The maximum atomic E-state index is 5.64. The van der Waals surface area contributed by atoms with Crippen LogP contribution in [0.4, 0.5) is 0 Å². The predicted octanol–water partition coefficient (Wildman–Crippen LogP) is 1.97. The van der Waals surface area contributed by atoms with E-state index in [-0.39, 0.29) is 0 Å². The zero-order valence-electron chi connectivity index (χ0n) is 9.52. The van der Waals surface area contributed by atoms with Crippen LogP contribution in [0.5, 0.6) is 5.75 Å². The number of aromatic nitrogens is 2. The molecule has 2 rings (SSSR count). The van der Waals surface area contributed by atoms with Crippen molar-refractivity contribution in [1.29, 1.82) is 0 Å². The second kappa shape index (κ2) is 4.99. The molecule has 0 aliphatic rings. The van der Waals surface area contributed by atoms with Gasteiger partial charge in [-0.3, -0.25) is 0 Å². The molecule has 0 aliphatic heterocycles. The van der Waals surface area contributed by atoms with E-state index in [0.717, 1.165) is 36.4 Å². The summed E-state index contributed by atoms with van der Waals surface area (Å²) in [6.45, 7) is 3.36. The number of imidazole rings is 1. The lowest BCUT2D eigenvalue weighted by Gasteiger charge is -2.05. The lowest BCUT2D eigenvalue weighted by Crippen LogP contribution is -1.99. The van der Waals surface area contributed by atoms with E-state index in [1.807, 2.05) is 22.7 Å². The Hall–Kier alpha value is -1.55. The minimum atomic E-state index is 0.453. The SMILES string of the molecule is CCCCOc1ccn2cnc(CN)c2c1. The number of hydrogen-bond acceptors (Lipinski definition) is 3. The summed E-state index contributed by atoms with van der Waals surface area (Å²) >= 11 is 0. The molecule has 4 heteroatoms. The van der Waals surface area contributed by atoms with Crippen molar-refractivity contribution in [2.24, 2.45) is 5.73 Å². The second-order valence-electron chi connectivity index (χ2n) is 3.75. The first-order valence-corrected chi connectivity index (χ1v) is 5.63. The van der Waals surface area contributed by atoms with Gasteiger partial charge in [-0.2, -0.15) is 0 Å². The Labute approximate surface area is 95.0 Å². The van der Waals surface area contributed by atoms with Crippen LogP contribution in [0.15, 0.2) is 24.7 Å². The fourth-order valence-corrected chi connectivity index (χ4v) is 1.60. The summed E-state index contributed by atoms with van der Waals surface area (Å²) in [7, 11) is 0. The van der Waals surface area contributed by atoms with Crippen LogP contribution in [0.2, 0.25) is 0 Å². The van der Waals surface area contributed by atoms with Gasteiger partial charge >= 0.3 is 0 Å².